The van der Waals surface area contributed by atoms with Crippen molar-refractivity contribution in [3.8, 4) is 22.9 Å². The number of pyridine rings is 1. The fourth-order valence-corrected chi connectivity index (χ4v) is 8.74. The van der Waals surface area contributed by atoms with E-state index in [2.05, 4.69) is 31.6 Å². The Bertz CT molecular complexity index is 2240. The van der Waals surface area contributed by atoms with E-state index < -0.39 is 122 Å². The molecule has 0 spiro atoms. The first-order valence-electron chi connectivity index (χ1n) is 21.4. The summed E-state index contributed by atoms with van der Waals surface area (Å²) >= 11 is 2.56. The fraction of sp³-hybridized carbons (Fsp3) is 0.512. The molecule has 3 heterocycles. The Morgan fingerprint density at radius 3 is 2.46 bits per heavy atom. The third-order valence-electron chi connectivity index (χ3n) is 10.5. The molecule has 2 saturated heterocycles. The zero-order valence-corrected chi connectivity index (χ0v) is 39.6. The highest BCUT2D eigenvalue weighted by Crippen LogP contribution is 2.32. The van der Waals surface area contributed by atoms with Crippen LogP contribution in [0.5, 0.6) is 5.75 Å². The van der Waals surface area contributed by atoms with Gasteiger partial charge in [-0.2, -0.15) is 17.0 Å². The summed E-state index contributed by atoms with van der Waals surface area (Å²) in [6, 6.07) is 4.80. The van der Waals surface area contributed by atoms with Crippen LogP contribution < -0.4 is 31.3 Å². The Kier molecular flexibility index (Phi) is 21.4. The number of nitrogens with zero attached hydrogens (tertiary/aromatic N) is 5. The van der Waals surface area contributed by atoms with Crippen LogP contribution in [0.1, 0.15) is 36.5 Å². The Balaban J connectivity index is 1.28. The number of likely N-dealkylation sites (tertiary alicyclic amines) is 1. The number of methoxy groups -OCH3 is 1. The van der Waals surface area contributed by atoms with E-state index in [-0.39, 0.29) is 49.9 Å². The fourth-order valence-electron chi connectivity index (χ4n) is 7.09. The minimum absolute atomic E-state index is 0.0111. The highest BCUT2D eigenvalue weighted by atomic mass is 32.2. The summed E-state index contributed by atoms with van der Waals surface area (Å²) < 4.78 is 38.5. The smallest absolute Gasteiger partial charge is 0.303 e. The summed E-state index contributed by atoms with van der Waals surface area (Å²) in [7, 11) is 1.40. The van der Waals surface area contributed by atoms with Crippen LogP contribution in [0, 0.1) is 11.3 Å². The summed E-state index contributed by atoms with van der Waals surface area (Å²) in [4.78, 5) is 123. The maximum atomic E-state index is 13.8. The number of aliphatic carboxylic acids is 1. The molecule has 69 heavy (non-hydrogen) atoms. The Morgan fingerprint density at radius 1 is 1.06 bits per heavy atom. The van der Waals surface area contributed by atoms with Crippen molar-refractivity contribution >= 4 is 76.8 Å². The van der Waals surface area contributed by atoms with Crippen molar-refractivity contribution in [3.05, 3.63) is 48.3 Å². The lowest BCUT2D eigenvalue weighted by atomic mass is 10.0. The topological polar surface area (TPSA) is 299 Å². The lowest BCUT2D eigenvalue weighted by molar-refractivity contribution is -0.146. The second-order valence-corrected chi connectivity index (χ2v) is 17.5. The third kappa shape index (κ3) is 16.9. The lowest BCUT2D eigenvalue weighted by Gasteiger charge is -2.35. The van der Waals surface area contributed by atoms with E-state index in [1.54, 1.807) is 36.6 Å². The van der Waals surface area contributed by atoms with Gasteiger partial charge in [0.25, 0.3) is 11.8 Å². The maximum Gasteiger partial charge on any atom is 0.303 e. The number of carbonyl (C=O) groups is 9. The second-order valence-electron chi connectivity index (χ2n) is 15.6. The van der Waals surface area contributed by atoms with Gasteiger partial charge in [-0.05, 0) is 36.4 Å². The van der Waals surface area contributed by atoms with Crippen LogP contribution in [0.3, 0.4) is 0 Å². The average Bonchev–Trinajstić information content (AvgIpc) is 3.65. The van der Waals surface area contributed by atoms with Gasteiger partial charge in [-0.1, -0.05) is 12.1 Å². The van der Waals surface area contributed by atoms with Crippen molar-refractivity contribution in [1.29, 1.82) is 5.26 Å². The molecule has 2 aromatic rings. The minimum Gasteiger partial charge on any atom is -0.492 e. The number of amides is 8. The van der Waals surface area contributed by atoms with Crippen LogP contribution in [-0.4, -0.2) is 191 Å². The molecule has 4 rings (SSSR count). The number of carboxylic acid groups (broad SMARTS) is 1. The number of ether oxygens (including phenoxy) is 2. The van der Waals surface area contributed by atoms with Crippen molar-refractivity contribution < 1.29 is 66.5 Å². The molecule has 0 bridgehead atoms. The predicted octanol–water partition coefficient (Wildman–Crippen LogP) is -0.557. The number of aromatic nitrogens is 1. The summed E-state index contributed by atoms with van der Waals surface area (Å²) in [5, 5.41) is 31.1. The van der Waals surface area contributed by atoms with Gasteiger partial charge in [0, 0.05) is 62.9 Å². The minimum atomic E-state index is -3.20. The first-order valence-corrected chi connectivity index (χ1v) is 23.9. The first kappa shape index (κ1) is 55.0. The van der Waals surface area contributed by atoms with Crippen LogP contribution in [0.15, 0.2) is 42.7 Å². The van der Waals surface area contributed by atoms with Crippen molar-refractivity contribution in [2.45, 2.75) is 56.3 Å². The van der Waals surface area contributed by atoms with E-state index in [1.807, 2.05) is 0 Å². The number of hydrogen-bond donors (Lipinski definition) is 6. The molecule has 2 fully saturated rings. The van der Waals surface area contributed by atoms with Gasteiger partial charge < -0.3 is 55.9 Å². The zero-order chi connectivity index (χ0) is 50.7. The molecule has 2 aliphatic heterocycles. The van der Waals surface area contributed by atoms with E-state index >= 15 is 0 Å². The van der Waals surface area contributed by atoms with Gasteiger partial charge in [0.15, 0.2) is 0 Å². The normalized spacial score (nSPS) is 17.1. The van der Waals surface area contributed by atoms with Crippen molar-refractivity contribution in [3.63, 3.8) is 0 Å². The van der Waals surface area contributed by atoms with E-state index in [0.29, 0.717) is 22.6 Å². The van der Waals surface area contributed by atoms with Gasteiger partial charge >= 0.3 is 5.97 Å². The van der Waals surface area contributed by atoms with E-state index in [1.165, 1.54) is 65.8 Å². The number of hydrogen-bond acceptors (Lipinski definition) is 15. The van der Waals surface area contributed by atoms with E-state index in [4.69, 9.17) is 9.47 Å². The van der Waals surface area contributed by atoms with Gasteiger partial charge in [-0.15, -0.1) is 11.8 Å². The monoisotopic (exact) mass is 1000 g/mol. The number of halogens is 2. The standard InChI is InChI=1S/C43H54F2N10O12S2/c1-26(56)51-33-22-69-25-53(42(33)65)21-37(59)54(13-15-66-2)34(23-68-3)41(64)52-32(8-9-38(60)61)40(63)49-19-35(57)48-12-14-67-29-6-4-27(5-7-29)31-18-47-11-10-30(31)39(62)50-20-36(58)55-24-43(44,45)16-28(55)17-46/h4-7,10-11,18,28,32-34H,8-9,12-16,19-25H2,1-3H3,(H,48,57)(H,49,63)(H,50,62)(H,51,56)(H,52,64)(H,60,61)/t28-,32-,33-,34-/m0/s1. The van der Waals surface area contributed by atoms with Gasteiger partial charge in [0.1, 0.15) is 43.1 Å². The van der Waals surface area contributed by atoms with Gasteiger partial charge in [0.2, 0.25) is 41.4 Å². The summed E-state index contributed by atoms with van der Waals surface area (Å²) in [6.45, 7) is -1.29. The van der Waals surface area contributed by atoms with Crippen LogP contribution in [0.2, 0.25) is 0 Å². The third-order valence-corrected chi connectivity index (χ3v) is 12.2. The first-order chi connectivity index (χ1) is 32.9. The molecule has 1 aromatic heterocycles. The molecule has 4 atom stereocenters. The lowest BCUT2D eigenvalue weighted by Crippen LogP contribution is -2.59. The number of thioether (sulfide) groups is 2. The highest BCUT2D eigenvalue weighted by Gasteiger charge is 2.47. The number of carbonyl (C=O) groups excluding carboxylic acids is 8. The number of rotatable bonds is 25. The quantitative estimate of drug-likeness (QED) is 0.0680. The van der Waals surface area contributed by atoms with Crippen LogP contribution in [0.25, 0.3) is 11.1 Å². The number of nitriles is 1. The molecule has 2 aliphatic rings. The number of carboxylic acids is 1. The Morgan fingerprint density at radius 2 is 1.80 bits per heavy atom. The molecule has 8 amide bonds. The molecule has 0 unspecified atom stereocenters. The van der Waals surface area contributed by atoms with Crippen molar-refractivity contribution in [1.82, 2.24) is 46.3 Å². The second kappa shape index (κ2) is 26.8. The molecule has 26 heteroatoms. The predicted molar refractivity (Wildman–Crippen MR) is 245 cm³/mol. The van der Waals surface area contributed by atoms with Crippen LogP contribution in [-0.2, 0) is 43.1 Å². The molecular weight excluding hydrogens is 951 g/mol. The Hall–Kier alpha value is -6.59. The largest absolute Gasteiger partial charge is 0.492 e. The molecule has 6 N–H and O–H groups in total. The van der Waals surface area contributed by atoms with Crippen molar-refractivity contribution in [2.24, 2.45) is 0 Å². The average molecular weight is 1010 g/mol. The summed E-state index contributed by atoms with van der Waals surface area (Å²) in [5.74, 6) is -8.79. The SMILES string of the molecule is COCCN(C(=O)CN1CSC[C@H](NC(C)=O)C1=O)[C@@H](CSC)C(=O)N[C@@H](CCC(=O)O)C(=O)NCC(=O)NCCOc1ccc(-c2cnccc2C(=O)NCC(=O)N2CC(F)(F)C[C@H]2C#N)cc1. The molecule has 0 saturated carbocycles. The van der Waals surface area contributed by atoms with Crippen LogP contribution >= 0.6 is 23.5 Å². The number of benzene rings is 1. The molecule has 374 valence electrons. The molecule has 0 aliphatic carbocycles. The van der Waals surface area contributed by atoms with E-state index in [9.17, 15) is 62.3 Å². The van der Waals surface area contributed by atoms with Crippen LogP contribution in [0.4, 0.5) is 8.78 Å². The zero-order valence-electron chi connectivity index (χ0n) is 38.0. The molecule has 22 nitrogen and oxygen atoms in total. The molecular formula is C43H54F2N10O12S2. The van der Waals surface area contributed by atoms with Gasteiger partial charge in [-0.25, -0.2) is 8.78 Å². The van der Waals surface area contributed by atoms with Gasteiger partial charge in [-0.3, -0.25) is 48.1 Å². The summed E-state index contributed by atoms with van der Waals surface area (Å²) in [6.07, 6.45) is 2.82. The van der Waals surface area contributed by atoms with E-state index in [0.717, 1.165) is 4.90 Å². The summed E-state index contributed by atoms with van der Waals surface area (Å²) in [5.41, 5.74) is 1.06. The maximum absolute atomic E-state index is 13.8. The highest BCUT2D eigenvalue weighted by molar-refractivity contribution is 7.99. The van der Waals surface area contributed by atoms with Gasteiger partial charge in [0.05, 0.1) is 50.3 Å². The number of alkyl halides is 2. The van der Waals surface area contributed by atoms with Crippen molar-refractivity contribution in [2.75, 3.05) is 83.2 Å². The molecule has 0 radical (unpaired) electrons. The molecule has 1 aromatic carbocycles. The Labute approximate surface area is 404 Å². The number of nitrogens with one attached hydrogen (secondary N) is 5.